The highest BCUT2D eigenvalue weighted by Crippen LogP contribution is 2.40. The first kappa shape index (κ1) is 10.1. The van der Waals surface area contributed by atoms with E-state index in [0.29, 0.717) is 11.8 Å². The summed E-state index contributed by atoms with van der Waals surface area (Å²) >= 11 is 0. The Morgan fingerprint density at radius 2 is 2.36 bits per heavy atom. The number of fused-ring (bicyclic) bond motifs is 1. The molecule has 1 aliphatic carbocycles. The van der Waals surface area contributed by atoms with Crippen LogP contribution in [0.4, 0.5) is 0 Å². The molecule has 3 heteroatoms. The van der Waals surface area contributed by atoms with Crippen LogP contribution in [0.1, 0.15) is 39.0 Å². The highest BCUT2D eigenvalue weighted by Gasteiger charge is 2.48. The van der Waals surface area contributed by atoms with E-state index >= 15 is 0 Å². The van der Waals surface area contributed by atoms with Gasteiger partial charge >= 0.3 is 0 Å². The average molecular weight is 197 g/mol. The highest BCUT2D eigenvalue weighted by molar-refractivity contribution is 5.86. The lowest BCUT2D eigenvalue weighted by Crippen LogP contribution is -2.39. The van der Waals surface area contributed by atoms with Gasteiger partial charge < -0.3 is 10.4 Å². The second kappa shape index (κ2) is 3.63. The molecule has 1 saturated heterocycles. The van der Waals surface area contributed by atoms with Crippen LogP contribution in [-0.2, 0) is 4.79 Å². The fourth-order valence-electron chi connectivity index (χ4n) is 2.93. The molecule has 1 heterocycles. The molecule has 0 aromatic heterocycles. The van der Waals surface area contributed by atoms with E-state index in [1.807, 2.05) is 0 Å². The van der Waals surface area contributed by atoms with Crippen LogP contribution in [0, 0.1) is 5.41 Å². The largest absolute Gasteiger partial charge is 0.395 e. The average Bonchev–Trinajstić information content (AvgIpc) is 2.45. The molecule has 3 nitrogen and oxygen atoms in total. The molecule has 2 aliphatic rings. The Morgan fingerprint density at radius 1 is 1.57 bits per heavy atom. The van der Waals surface area contributed by atoms with Crippen molar-refractivity contribution in [2.24, 2.45) is 5.41 Å². The molecule has 1 aliphatic heterocycles. The molecule has 0 aromatic rings. The number of hydrogen-bond acceptors (Lipinski definition) is 3. The minimum Gasteiger partial charge on any atom is -0.395 e. The fourth-order valence-corrected chi connectivity index (χ4v) is 2.93. The maximum Gasteiger partial charge on any atom is 0.140 e. The van der Waals surface area contributed by atoms with E-state index in [-0.39, 0.29) is 18.1 Å². The van der Waals surface area contributed by atoms with Gasteiger partial charge in [0.1, 0.15) is 5.78 Å². The van der Waals surface area contributed by atoms with Crippen molar-refractivity contribution in [2.75, 3.05) is 6.61 Å². The van der Waals surface area contributed by atoms with E-state index in [1.165, 1.54) is 0 Å². The van der Waals surface area contributed by atoms with Crippen LogP contribution in [-0.4, -0.2) is 29.6 Å². The first-order valence-electron chi connectivity index (χ1n) is 5.57. The number of carbonyl (C=O) groups excluding carboxylic acids is 1. The first-order valence-corrected chi connectivity index (χ1v) is 5.57. The molecule has 1 saturated carbocycles. The zero-order valence-electron chi connectivity index (χ0n) is 8.75. The second-order valence-electron chi connectivity index (χ2n) is 4.89. The Morgan fingerprint density at radius 3 is 3.07 bits per heavy atom. The molecule has 0 spiro atoms. The third-order valence-corrected chi connectivity index (χ3v) is 3.88. The second-order valence-corrected chi connectivity index (χ2v) is 4.89. The molecule has 2 N–H and O–H groups in total. The van der Waals surface area contributed by atoms with E-state index in [9.17, 15) is 4.79 Å². The molecule has 3 atom stereocenters. The van der Waals surface area contributed by atoms with Gasteiger partial charge in [0.15, 0.2) is 0 Å². The minimum atomic E-state index is -0.204. The van der Waals surface area contributed by atoms with Crippen LogP contribution >= 0.6 is 0 Å². The summed E-state index contributed by atoms with van der Waals surface area (Å²) in [5.41, 5.74) is -0.204. The van der Waals surface area contributed by atoms with E-state index in [2.05, 4.69) is 12.2 Å². The highest BCUT2D eigenvalue weighted by atomic mass is 16.3. The quantitative estimate of drug-likeness (QED) is 0.655. The third-order valence-electron chi connectivity index (χ3n) is 3.88. The Labute approximate surface area is 84.9 Å². The number of Topliss-reactive ketones (excluding diaryl/α,β-unsaturated/α-hetero) is 1. The van der Waals surface area contributed by atoms with Gasteiger partial charge in [0.05, 0.1) is 6.61 Å². The molecular formula is C11H19NO2. The molecule has 80 valence electrons. The minimum absolute atomic E-state index is 0.132. The number of aliphatic hydroxyl groups is 1. The van der Waals surface area contributed by atoms with Gasteiger partial charge in [0.2, 0.25) is 0 Å². The van der Waals surface area contributed by atoms with Crippen LogP contribution in [0.15, 0.2) is 0 Å². The van der Waals surface area contributed by atoms with Gasteiger partial charge in [0.25, 0.3) is 0 Å². The van der Waals surface area contributed by atoms with Crippen molar-refractivity contribution < 1.29 is 9.90 Å². The van der Waals surface area contributed by atoms with E-state index in [0.717, 1.165) is 32.1 Å². The van der Waals surface area contributed by atoms with E-state index in [1.54, 1.807) is 0 Å². The summed E-state index contributed by atoms with van der Waals surface area (Å²) in [6, 6.07) is 0.432. The van der Waals surface area contributed by atoms with Gasteiger partial charge in [-0.15, -0.1) is 0 Å². The number of nitrogens with one attached hydrogen (secondary N) is 1. The molecule has 0 unspecified atom stereocenters. The van der Waals surface area contributed by atoms with Crippen LogP contribution < -0.4 is 5.32 Å². The van der Waals surface area contributed by atoms with Crippen molar-refractivity contribution >= 4 is 5.78 Å². The Bertz CT molecular complexity index is 241. The van der Waals surface area contributed by atoms with Crippen molar-refractivity contribution in [3.63, 3.8) is 0 Å². The van der Waals surface area contributed by atoms with Crippen LogP contribution in [0.3, 0.4) is 0 Å². The zero-order valence-corrected chi connectivity index (χ0v) is 8.75. The molecule has 14 heavy (non-hydrogen) atoms. The van der Waals surface area contributed by atoms with Crippen molar-refractivity contribution in [2.45, 2.75) is 51.1 Å². The van der Waals surface area contributed by atoms with Gasteiger partial charge in [-0.1, -0.05) is 13.3 Å². The molecule has 0 amide bonds. The van der Waals surface area contributed by atoms with Crippen LogP contribution in [0.25, 0.3) is 0 Å². The summed E-state index contributed by atoms with van der Waals surface area (Å²) in [5.74, 6) is 0.392. The lowest BCUT2D eigenvalue weighted by molar-refractivity contribution is -0.127. The van der Waals surface area contributed by atoms with Gasteiger partial charge in [-0.2, -0.15) is 0 Å². The molecule has 2 rings (SSSR count). The summed E-state index contributed by atoms with van der Waals surface area (Å²) < 4.78 is 0. The normalized spacial score (nSPS) is 43.4. The van der Waals surface area contributed by atoms with Crippen molar-refractivity contribution in [3.05, 3.63) is 0 Å². The number of rotatable bonds is 1. The van der Waals surface area contributed by atoms with E-state index in [4.69, 9.17) is 5.11 Å². The topological polar surface area (TPSA) is 49.3 Å². The Hall–Kier alpha value is -0.410. The van der Waals surface area contributed by atoms with Gasteiger partial charge in [-0.3, -0.25) is 4.79 Å². The zero-order chi connectivity index (χ0) is 10.2. The smallest absolute Gasteiger partial charge is 0.140 e. The molecule has 0 bridgehead atoms. The summed E-state index contributed by atoms with van der Waals surface area (Å²) in [4.78, 5) is 12.0. The number of aliphatic hydroxyl groups excluding tert-OH is 1. The number of carbonyl (C=O) groups is 1. The third kappa shape index (κ3) is 1.48. The Balaban J connectivity index is 2.19. The van der Waals surface area contributed by atoms with Gasteiger partial charge in [0, 0.05) is 23.9 Å². The van der Waals surface area contributed by atoms with Crippen LogP contribution in [0.2, 0.25) is 0 Å². The fraction of sp³-hybridized carbons (Fsp3) is 0.909. The van der Waals surface area contributed by atoms with Gasteiger partial charge in [-0.05, 0) is 19.3 Å². The van der Waals surface area contributed by atoms with E-state index < -0.39 is 0 Å². The monoisotopic (exact) mass is 197 g/mol. The van der Waals surface area contributed by atoms with Crippen molar-refractivity contribution in [1.82, 2.24) is 5.32 Å². The summed E-state index contributed by atoms with van der Waals surface area (Å²) in [6.45, 7) is 2.22. The summed E-state index contributed by atoms with van der Waals surface area (Å²) in [5, 5.41) is 12.5. The molecule has 2 fully saturated rings. The first-order chi connectivity index (χ1) is 6.66. The SMILES string of the molecule is C[C@]12C[C@@H](CO)N[C@H]1CCCCC2=O. The Kier molecular flexibility index (Phi) is 2.62. The maximum absolute atomic E-state index is 12.0. The standard InChI is InChI=1S/C11H19NO2/c1-11-6-8(7-13)12-9(11)4-2-3-5-10(11)14/h8-9,12-13H,2-7H2,1H3/t8-,9-,11-/m0/s1. The molecule has 0 radical (unpaired) electrons. The van der Waals surface area contributed by atoms with Crippen molar-refractivity contribution in [1.29, 1.82) is 0 Å². The number of hydrogen-bond donors (Lipinski definition) is 2. The summed E-state index contributed by atoms with van der Waals surface area (Å²) in [7, 11) is 0. The van der Waals surface area contributed by atoms with Gasteiger partial charge in [-0.25, -0.2) is 0 Å². The predicted molar refractivity (Wildman–Crippen MR) is 54.0 cm³/mol. The lowest BCUT2D eigenvalue weighted by atomic mass is 9.77. The molecule has 0 aromatic carbocycles. The maximum atomic E-state index is 12.0. The summed E-state index contributed by atoms with van der Waals surface area (Å²) in [6.07, 6.45) is 4.80. The van der Waals surface area contributed by atoms with Crippen LogP contribution in [0.5, 0.6) is 0 Å². The predicted octanol–water partition coefficient (Wildman–Crippen LogP) is 0.859. The lowest BCUT2D eigenvalue weighted by Gasteiger charge is -2.26. The van der Waals surface area contributed by atoms with Crippen molar-refractivity contribution in [3.8, 4) is 0 Å². The molecular weight excluding hydrogens is 178 g/mol. The number of ketones is 1.